The Balaban J connectivity index is 0.860. The molecule has 2 amide bonds. The van der Waals surface area contributed by atoms with Crippen LogP contribution in [0, 0.1) is 29.9 Å². The summed E-state index contributed by atoms with van der Waals surface area (Å²) in [6.45, 7) is 13.6. The van der Waals surface area contributed by atoms with Gasteiger partial charge in [0, 0.05) is 75.2 Å². The fraction of sp³-hybridized carbons (Fsp3) is 0.509. The maximum absolute atomic E-state index is 16.1. The number of amides is 2. The number of rotatable bonds is 19. The van der Waals surface area contributed by atoms with E-state index in [2.05, 4.69) is 10.3 Å². The Morgan fingerprint density at radius 2 is 1.69 bits per heavy atom. The molecular formula is C53H65F3N4O6S. The number of alkyl halides is 1. The lowest BCUT2D eigenvalue weighted by Crippen LogP contribution is -2.50. The Labute approximate surface area is 397 Å². The number of carbonyl (C=O) groups is 3. The molecule has 2 aliphatic heterocycles. The van der Waals surface area contributed by atoms with Crippen molar-refractivity contribution in [2.75, 3.05) is 32.9 Å². The van der Waals surface area contributed by atoms with Gasteiger partial charge in [-0.15, -0.1) is 11.3 Å². The first kappa shape index (κ1) is 50.0. The lowest BCUT2D eigenvalue weighted by molar-refractivity contribution is -0.146. The number of β-amino-alcohol motifs (C(OH)–C–C–N with tert-alkyl or cyclic N) is 1. The van der Waals surface area contributed by atoms with E-state index in [1.807, 2.05) is 93.6 Å². The molecule has 2 N–H and O–H groups in total. The molecule has 7 rings (SSSR count). The van der Waals surface area contributed by atoms with Crippen LogP contribution in [0.5, 0.6) is 5.75 Å². The van der Waals surface area contributed by atoms with Gasteiger partial charge in [-0.05, 0) is 92.2 Å². The summed E-state index contributed by atoms with van der Waals surface area (Å²) in [6, 6.07) is 16.6. The van der Waals surface area contributed by atoms with Crippen LogP contribution in [-0.4, -0.2) is 94.3 Å². The maximum Gasteiger partial charge on any atom is 0.243 e. The van der Waals surface area contributed by atoms with E-state index in [9.17, 15) is 19.5 Å². The molecule has 0 bridgehead atoms. The monoisotopic (exact) mass is 942 g/mol. The number of hydrogen-bond acceptors (Lipinski definition) is 9. The van der Waals surface area contributed by atoms with E-state index in [0.29, 0.717) is 32.3 Å². The zero-order valence-corrected chi connectivity index (χ0v) is 40.6. The number of aryl methyl sites for hydroxylation is 1. The highest BCUT2D eigenvalue weighted by Crippen LogP contribution is 2.50. The van der Waals surface area contributed by atoms with Gasteiger partial charge in [0.05, 0.1) is 41.4 Å². The van der Waals surface area contributed by atoms with Gasteiger partial charge < -0.3 is 24.8 Å². The first-order valence-electron chi connectivity index (χ1n) is 23.5. The van der Waals surface area contributed by atoms with Crippen LogP contribution in [0.4, 0.5) is 13.2 Å². The number of thiazole rings is 1. The molecule has 14 heteroatoms. The van der Waals surface area contributed by atoms with Gasteiger partial charge in [-0.25, -0.2) is 18.2 Å². The van der Waals surface area contributed by atoms with E-state index in [1.165, 1.54) is 30.9 Å². The van der Waals surface area contributed by atoms with E-state index in [4.69, 9.17) is 9.47 Å². The van der Waals surface area contributed by atoms with E-state index in [1.54, 1.807) is 11.3 Å². The predicted molar refractivity (Wildman–Crippen MR) is 255 cm³/mol. The highest BCUT2D eigenvalue weighted by molar-refractivity contribution is 7.13. The first-order chi connectivity index (χ1) is 31.8. The molecule has 0 radical (unpaired) electrons. The number of hydrogen-bond donors (Lipinski definition) is 2. The Morgan fingerprint density at radius 1 is 0.985 bits per heavy atom. The van der Waals surface area contributed by atoms with Crippen molar-refractivity contribution < 1.29 is 42.1 Å². The second-order valence-electron chi connectivity index (χ2n) is 20.1. The van der Waals surface area contributed by atoms with E-state index in [0.717, 1.165) is 44.0 Å². The van der Waals surface area contributed by atoms with Crippen molar-refractivity contribution in [2.45, 2.75) is 130 Å². The lowest BCUT2D eigenvalue weighted by atomic mass is 9.76. The Bertz CT molecular complexity index is 2420. The zero-order valence-electron chi connectivity index (χ0n) is 39.8. The Kier molecular flexibility index (Phi) is 15.8. The quantitative estimate of drug-likeness (QED) is 0.0893. The van der Waals surface area contributed by atoms with Gasteiger partial charge in [-0.3, -0.25) is 19.3 Å². The Hall–Kier alpha value is -4.89. The smallest absolute Gasteiger partial charge is 0.243 e. The molecule has 0 unspecified atom stereocenters. The standard InChI is InChI=1S/C53H65F3N4O6S/c1-32-22-41-40-13-9-8-12-36(40)23-42(41)48(60(32)30-53(6,7)56)47-44(54)26-39(27-45(47)55)66-20-11-10-19-65-21-18-37(61)24-43(52(3,4)5)51(64)59-29-38(62)25-46(59)50(63)57-28-34-14-16-35(17-15-34)49-33(2)58-31-67-49/h8-9,12-17,26-27,31-32,38,43,46,48,62H,10-11,18-25,28-30H2,1-7H3,(H,57,63)/t32-,38-,43-,46+,48+/m1/s1. The SMILES string of the molecule is Cc1ncsc1-c1ccc(CNC(=O)[C@@H]2C[C@@H](O)CN2C(=O)[C@@H](CC(=O)CCOCCCCOc2cc(F)c([C@@H]3C4=C(C[C@@H](C)N3CC(C)(C)F)c3ccccc3C4)c(F)c2)C(C)(C)C)cc1. The van der Waals surface area contributed by atoms with Crippen LogP contribution >= 0.6 is 11.3 Å². The molecule has 3 aliphatic rings. The van der Waals surface area contributed by atoms with Crippen molar-refractivity contribution in [1.29, 1.82) is 0 Å². The van der Waals surface area contributed by atoms with E-state index >= 15 is 13.2 Å². The number of fused-ring (bicyclic) bond motifs is 2. The molecule has 0 spiro atoms. The Morgan fingerprint density at radius 3 is 2.36 bits per heavy atom. The number of ether oxygens (including phenoxy) is 2. The topological polar surface area (TPSA) is 121 Å². The third-order valence-electron chi connectivity index (χ3n) is 13.3. The number of benzene rings is 3. The van der Waals surface area contributed by atoms with Crippen LogP contribution in [0.2, 0.25) is 0 Å². The third kappa shape index (κ3) is 12.1. The second kappa shape index (κ2) is 21.2. The van der Waals surface area contributed by atoms with Crippen molar-refractivity contribution >= 4 is 34.5 Å². The minimum absolute atomic E-state index is 0.0101. The van der Waals surface area contributed by atoms with Crippen molar-refractivity contribution in [2.24, 2.45) is 11.3 Å². The van der Waals surface area contributed by atoms with Gasteiger partial charge in [-0.1, -0.05) is 69.3 Å². The van der Waals surface area contributed by atoms with Gasteiger partial charge in [0.15, 0.2) is 0 Å². The number of Topliss-reactive ketones (excluding diaryl/α,β-unsaturated/α-hetero) is 1. The first-order valence-corrected chi connectivity index (χ1v) is 24.4. The fourth-order valence-electron chi connectivity index (χ4n) is 9.79. The number of likely N-dealkylation sites (tertiary alicyclic amines) is 1. The summed E-state index contributed by atoms with van der Waals surface area (Å²) in [6.07, 6.45) is 1.64. The molecule has 10 nitrogen and oxygen atoms in total. The molecule has 3 heterocycles. The average Bonchev–Trinajstić information content (AvgIpc) is 3.99. The van der Waals surface area contributed by atoms with Crippen LogP contribution in [-0.2, 0) is 32.1 Å². The molecule has 1 aliphatic carbocycles. The molecule has 360 valence electrons. The highest BCUT2D eigenvalue weighted by Gasteiger charge is 2.45. The minimum atomic E-state index is -1.58. The minimum Gasteiger partial charge on any atom is -0.493 e. The van der Waals surface area contributed by atoms with E-state index < -0.39 is 46.8 Å². The largest absolute Gasteiger partial charge is 0.493 e. The molecule has 67 heavy (non-hydrogen) atoms. The van der Waals surface area contributed by atoms with Crippen molar-refractivity contribution in [3.63, 3.8) is 0 Å². The molecule has 4 aromatic rings. The number of carbonyl (C=O) groups excluding carboxylic acids is 3. The summed E-state index contributed by atoms with van der Waals surface area (Å²) in [4.78, 5) is 49.5. The number of aliphatic hydroxyl groups is 1. The molecule has 1 fully saturated rings. The summed E-state index contributed by atoms with van der Waals surface area (Å²) in [7, 11) is 0. The lowest BCUT2D eigenvalue weighted by Gasteiger charge is -2.44. The number of aromatic nitrogens is 1. The molecule has 3 aromatic carbocycles. The fourth-order valence-corrected chi connectivity index (χ4v) is 10.6. The van der Waals surface area contributed by atoms with Gasteiger partial charge in [-0.2, -0.15) is 0 Å². The number of nitrogens with one attached hydrogen (secondary N) is 1. The van der Waals surface area contributed by atoms with Gasteiger partial charge >= 0.3 is 0 Å². The van der Waals surface area contributed by atoms with Crippen molar-refractivity contribution in [1.82, 2.24) is 20.1 Å². The normalized spacial score (nSPS) is 20.2. The van der Waals surface area contributed by atoms with Crippen LogP contribution in [0.25, 0.3) is 16.0 Å². The van der Waals surface area contributed by atoms with Gasteiger partial charge in [0.25, 0.3) is 0 Å². The number of unbranched alkanes of at least 4 members (excludes halogenated alkanes) is 1. The molecule has 1 aromatic heterocycles. The third-order valence-corrected chi connectivity index (χ3v) is 14.2. The summed E-state index contributed by atoms with van der Waals surface area (Å²) in [5, 5.41) is 13.5. The molecule has 1 saturated heterocycles. The summed E-state index contributed by atoms with van der Waals surface area (Å²) < 4.78 is 58.9. The van der Waals surface area contributed by atoms with Crippen molar-refractivity contribution in [3.05, 3.63) is 111 Å². The number of ketones is 1. The number of aliphatic hydroxyl groups excluding tert-OH is 1. The molecule has 5 atom stereocenters. The summed E-state index contributed by atoms with van der Waals surface area (Å²) in [5.41, 5.74) is 6.64. The average molecular weight is 943 g/mol. The maximum atomic E-state index is 16.1. The van der Waals surface area contributed by atoms with Crippen LogP contribution in [0.15, 0.2) is 71.7 Å². The predicted octanol–water partition coefficient (Wildman–Crippen LogP) is 9.76. The van der Waals surface area contributed by atoms with Crippen molar-refractivity contribution in [3.8, 4) is 16.2 Å². The van der Waals surface area contributed by atoms with Crippen LogP contribution in [0.1, 0.15) is 114 Å². The van der Waals surface area contributed by atoms with Crippen LogP contribution < -0.4 is 10.1 Å². The van der Waals surface area contributed by atoms with Gasteiger partial charge in [0.1, 0.15) is 34.9 Å². The van der Waals surface area contributed by atoms with Gasteiger partial charge in [0.2, 0.25) is 11.8 Å². The molecule has 0 saturated carbocycles. The number of nitrogens with zero attached hydrogens (tertiary/aromatic N) is 3. The highest BCUT2D eigenvalue weighted by atomic mass is 32.1. The van der Waals surface area contributed by atoms with E-state index in [-0.39, 0.29) is 87.1 Å². The summed E-state index contributed by atoms with van der Waals surface area (Å²) in [5.74, 6) is -2.96. The summed E-state index contributed by atoms with van der Waals surface area (Å²) >= 11 is 1.57. The number of halogens is 3. The molecular weight excluding hydrogens is 878 g/mol. The van der Waals surface area contributed by atoms with Crippen LogP contribution in [0.3, 0.4) is 0 Å². The second-order valence-corrected chi connectivity index (χ2v) is 21.0. The zero-order chi connectivity index (χ0) is 48.2.